The highest BCUT2D eigenvalue weighted by Gasteiger charge is 2.50. The zero-order valence-electron chi connectivity index (χ0n) is 40.3. The van der Waals surface area contributed by atoms with E-state index in [2.05, 4.69) is 291 Å². The van der Waals surface area contributed by atoms with E-state index in [9.17, 15) is 0 Å². The standard InChI is InChI=1S/C70H50N2/c1-69(2)63-31-17-14-30-59(63)60-41-38-52(44-66(60)69)72(50-24-10-5-11-25-50)54-40-43-62-61-42-39-53(71(49-22-8-4-9-23-49)51-36-34-48(35-37-51)47-20-6-3-7-21-47)45-67(61)70(68(62)46-54)64-32-18-15-28-57(64)55-26-12-13-27-56(55)58-29-16-19-33-65(58)70/h3-46H,1-2H3. The zero-order chi connectivity index (χ0) is 48.0. The highest BCUT2D eigenvalue weighted by atomic mass is 15.1. The van der Waals surface area contributed by atoms with Crippen molar-refractivity contribution in [3.05, 3.63) is 300 Å². The van der Waals surface area contributed by atoms with Gasteiger partial charge < -0.3 is 9.80 Å². The fourth-order valence-electron chi connectivity index (χ4n) is 12.7. The summed E-state index contributed by atoms with van der Waals surface area (Å²) in [5, 5.41) is 0. The van der Waals surface area contributed by atoms with Gasteiger partial charge in [0, 0.05) is 39.5 Å². The molecule has 0 amide bonds. The lowest BCUT2D eigenvalue weighted by atomic mass is 9.65. The van der Waals surface area contributed by atoms with E-state index in [1.54, 1.807) is 0 Å². The molecule has 72 heavy (non-hydrogen) atoms. The molecule has 14 rings (SSSR count). The second-order valence-corrected chi connectivity index (χ2v) is 20.0. The molecule has 0 unspecified atom stereocenters. The first-order valence-corrected chi connectivity index (χ1v) is 25.2. The summed E-state index contributed by atoms with van der Waals surface area (Å²) < 4.78 is 0. The highest BCUT2D eigenvalue weighted by Crippen LogP contribution is 2.63. The van der Waals surface area contributed by atoms with Crippen LogP contribution in [0.1, 0.15) is 47.2 Å². The van der Waals surface area contributed by atoms with Crippen molar-refractivity contribution in [1.82, 2.24) is 0 Å². The van der Waals surface area contributed by atoms with Crippen molar-refractivity contribution in [2.75, 3.05) is 9.80 Å². The van der Waals surface area contributed by atoms with Crippen LogP contribution in [0.25, 0.3) is 55.6 Å². The minimum atomic E-state index is -0.716. The average molecular weight is 919 g/mol. The number of rotatable bonds is 7. The lowest BCUT2D eigenvalue weighted by Gasteiger charge is -2.37. The summed E-state index contributed by atoms with van der Waals surface area (Å²) in [6.07, 6.45) is 0. The maximum absolute atomic E-state index is 2.52. The third-order valence-corrected chi connectivity index (χ3v) is 15.9. The largest absolute Gasteiger partial charge is 0.310 e. The number of para-hydroxylation sites is 2. The van der Waals surface area contributed by atoms with Gasteiger partial charge in [0.2, 0.25) is 0 Å². The summed E-state index contributed by atoms with van der Waals surface area (Å²) >= 11 is 0. The van der Waals surface area contributed by atoms with Crippen molar-refractivity contribution in [3.8, 4) is 55.6 Å². The second kappa shape index (κ2) is 16.3. The number of hydrogen-bond acceptors (Lipinski definition) is 2. The molecular formula is C70H50N2. The Morgan fingerprint density at radius 2 is 0.528 bits per heavy atom. The maximum Gasteiger partial charge on any atom is 0.0727 e. The van der Waals surface area contributed by atoms with Crippen LogP contribution in [0.5, 0.6) is 0 Å². The van der Waals surface area contributed by atoms with Crippen molar-refractivity contribution < 1.29 is 0 Å². The van der Waals surface area contributed by atoms with Crippen LogP contribution in [-0.4, -0.2) is 0 Å². The predicted octanol–water partition coefficient (Wildman–Crippen LogP) is 18.6. The van der Waals surface area contributed by atoms with Crippen LogP contribution in [0.2, 0.25) is 0 Å². The molecule has 3 aliphatic carbocycles. The van der Waals surface area contributed by atoms with Crippen LogP contribution in [0.4, 0.5) is 34.1 Å². The minimum Gasteiger partial charge on any atom is -0.310 e. The molecule has 0 aliphatic heterocycles. The van der Waals surface area contributed by atoms with E-state index < -0.39 is 5.41 Å². The van der Waals surface area contributed by atoms with Crippen molar-refractivity contribution in [2.24, 2.45) is 0 Å². The normalized spacial score (nSPS) is 13.6. The van der Waals surface area contributed by atoms with E-state index >= 15 is 0 Å². The van der Waals surface area contributed by atoms with E-state index in [-0.39, 0.29) is 5.41 Å². The lowest BCUT2D eigenvalue weighted by molar-refractivity contribution is 0.660. The SMILES string of the molecule is CC1(C)c2ccccc2-c2ccc(N(c3ccccc3)c3ccc4c(c3)C3(c5ccccc5-c5ccccc5-c5ccccc53)c3cc(N(c5ccccc5)c5ccc(-c6ccccc6)cc5)ccc3-4)cc21. The van der Waals surface area contributed by atoms with Gasteiger partial charge in [0.15, 0.2) is 0 Å². The topological polar surface area (TPSA) is 6.48 Å². The molecule has 2 heteroatoms. The predicted molar refractivity (Wildman–Crippen MR) is 301 cm³/mol. The quantitative estimate of drug-likeness (QED) is 0.157. The molecule has 0 saturated carbocycles. The molecule has 11 aromatic rings. The highest BCUT2D eigenvalue weighted by molar-refractivity contribution is 5.99. The first-order valence-electron chi connectivity index (χ1n) is 25.2. The Morgan fingerprint density at radius 3 is 1.01 bits per heavy atom. The molecule has 2 nitrogen and oxygen atoms in total. The van der Waals surface area contributed by atoms with E-state index in [0.29, 0.717) is 0 Å². The van der Waals surface area contributed by atoms with Crippen molar-refractivity contribution in [1.29, 1.82) is 0 Å². The van der Waals surface area contributed by atoms with Crippen molar-refractivity contribution >= 4 is 34.1 Å². The molecular weight excluding hydrogens is 869 g/mol. The Balaban J connectivity index is 1.03. The molecule has 0 atom stereocenters. The lowest BCUT2D eigenvalue weighted by Crippen LogP contribution is -2.30. The van der Waals surface area contributed by atoms with E-state index in [1.165, 1.54) is 89.0 Å². The van der Waals surface area contributed by atoms with E-state index in [0.717, 1.165) is 34.1 Å². The summed E-state index contributed by atoms with van der Waals surface area (Å²) in [6, 6.07) is 99.4. The van der Waals surface area contributed by atoms with Crippen molar-refractivity contribution in [2.45, 2.75) is 24.7 Å². The Hall–Kier alpha value is -8.98. The average Bonchev–Trinajstić information content (AvgIpc) is 3.82. The van der Waals surface area contributed by atoms with Gasteiger partial charge in [-0.2, -0.15) is 0 Å². The van der Waals surface area contributed by atoms with Gasteiger partial charge >= 0.3 is 0 Å². The monoisotopic (exact) mass is 918 g/mol. The number of hydrogen-bond donors (Lipinski definition) is 0. The van der Waals surface area contributed by atoms with E-state index in [1.807, 2.05) is 0 Å². The van der Waals surface area contributed by atoms with Gasteiger partial charge in [-0.3, -0.25) is 0 Å². The molecule has 0 aromatic heterocycles. The summed E-state index contributed by atoms with van der Waals surface area (Å²) in [7, 11) is 0. The first-order chi connectivity index (χ1) is 35.5. The molecule has 0 fully saturated rings. The molecule has 0 bridgehead atoms. The molecule has 1 spiro atoms. The smallest absolute Gasteiger partial charge is 0.0727 e. The van der Waals surface area contributed by atoms with Crippen LogP contribution in [0, 0.1) is 0 Å². The van der Waals surface area contributed by atoms with E-state index in [4.69, 9.17) is 0 Å². The Morgan fingerprint density at radius 1 is 0.222 bits per heavy atom. The Bertz CT molecular complexity index is 3820. The third kappa shape index (κ3) is 6.22. The summed E-state index contributed by atoms with van der Waals surface area (Å²) in [6.45, 7) is 4.74. The van der Waals surface area contributed by atoms with Gasteiger partial charge in [-0.25, -0.2) is 0 Å². The van der Waals surface area contributed by atoms with Gasteiger partial charge in [-0.1, -0.05) is 208 Å². The fraction of sp³-hybridized carbons (Fsp3) is 0.0571. The second-order valence-electron chi connectivity index (χ2n) is 20.0. The molecule has 11 aromatic carbocycles. The van der Waals surface area contributed by atoms with Crippen LogP contribution < -0.4 is 9.80 Å². The molecule has 0 radical (unpaired) electrons. The Labute approximate surface area is 422 Å². The van der Waals surface area contributed by atoms with Gasteiger partial charge in [0.05, 0.1) is 5.41 Å². The molecule has 340 valence electrons. The van der Waals surface area contributed by atoms with Gasteiger partial charge in [0.25, 0.3) is 0 Å². The Kier molecular flexibility index (Phi) is 9.50. The molecule has 0 N–H and O–H groups in total. The summed E-state index contributed by atoms with van der Waals surface area (Å²) in [5.74, 6) is 0. The van der Waals surface area contributed by atoms with Crippen LogP contribution in [0.3, 0.4) is 0 Å². The number of fused-ring (bicyclic) bond motifs is 15. The van der Waals surface area contributed by atoms with Crippen molar-refractivity contribution in [3.63, 3.8) is 0 Å². The van der Waals surface area contributed by atoms with Gasteiger partial charge in [-0.05, 0) is 162 Å². The van der Waals surface area contributed by atoms with Crippen LogP contribution >= 0.6 is 0 Å². The first kappa shape index (κ1) is 41.9. The molecule has 3 aliphatic rings. The van der Waals surface area contributed by atoms with Gasteiger partial charge in [-0.15, -0.1) is 0 Å². The number of benzene rings is 11. The number of anilines is 6. The zero-order valence-corrected chi connectivity index (χ0v) is 40.3. The number of nitrogens with zero attached hydrogens (tertiary/aromatic N) is 2. The maximum atomic E-state index is 2.52. The fourth-order valence-corrected chi connectivity index (χ4v) is 12.7. The molecule has 0 heterocycles. The summed E-state index contributed by atoms with van der Waals surface area (Å²) in [5.41, 5.74) is 26.1. The summed E-state index contributed by atoms with van der Waals surface area (Å²) in [4.78, 5) is 4.90. The third-order valence-electron chi connectivity index (χ3n) is 15.9. The molecule has 0 saturated heterocycles. The van der Waals surface area contributed by atoms with Crippen LogP contribution in [-0.2, 0) is 10.8 Å². The van der Waals surface area contributed by atoms with Gasteiger partial charge in [0.1, 0.15) is 0 Å². The minimum absolute atomic E-state index is 0.147. The van der Waals surface area contributed by atoms with Crippen LogP contribution in [0.15, 0.2) is 267 Å².